The predicted octanol–water partition coefficient (Wildman–Crippen LogP) is 2.99. The first-order chi connectivity index (χ1) is 8.61. The topological polar surface area (TPSA) is 51.3 Å². The number of hydrogen-bond acceptors (Lipinski definition) is 3. The molecule has 0 bridgehead atoms. The van der Waals surface area contributed by atoms with Gasteiger partial charge in [0.1, 0.15) is 11.4 Å². The van der Waals surface area contributed by atoms with E-state index in [1.54, 1.807) is 13.2 Å². The van der Waals surface area contributed by atoms with Crippen molar-refractivity contribution in [2.45, 2.75) is 13.8 Å². The molecule has 0 saturated carbocycles. The zero-order valence-corrected chi connectivity index (χ0v) is 10.8. The highest BCUT2D eigenvalue weighted by Crippen LogP contribution is 2.25. The van der Waals surface area contributed by atoms with Gasteiger partial charge in [-0.15, -0.1) is 0 Å². The molecular formula is C14H17NO3. The smallest absolute Gasteiger partial charge is 0.354 e. The number of carbonyl (C=O) groups excluding carboxylic acids is 1. The van der Waals surface area contributed by atoms with Crippen LogP contribution in [0.15, 0.2) is 24.3 Å². The maximum absolute atomic E-state index is 11.8. The zero-order valence-electron chi connectivity index (χ0n) is 10.8. The molecule has 1 aromatic heterocycles. The largest absolute Gasteiger partial charge is 0.495 e. The SMILES string of the molecule is COc1cccc2cc(C(=O)OCC(C)C)[nH]c12. The number of benzene rings is 1. The first-order valence-electron chi connectivity index (χ1n) is 5.94. The minimum atomic E-state index is -0.332. The summed E-state index contributed by atoms with van der Waals surface area (Å²) in [6.07, 6.45) is 0. The fourth-order valence-electron chi connectivity index (χ4n) is 1.73. The van der Waals surface area contributed by atoms with E-state index in [2.05, 4.69) is 4.98 Å². The minimum Gasteiger partial charge on any atom is -0.495 e. The second-order valence-electron chi connectivity index (χ2n) is 4.60. The number of fused-ring (bicyclic) bond motifs is 1. The van der Waals surface area contributed by atoms with Crippen LogP contribution in [0.2, 0.25) is 0 Å². The molecule has 4 nitrogen and oxygen atoms in total. The van der Waals surface area contributed by atoms with Crippen LogP contribution in [0.25, 0.3) is 10.9 Å². The van der Waals surface area contributed by atoms with Gasteiger partial charge in [-0.25, -0.2) is 4.79 Å². The third kappa shape index (κ3) is 2.47. The Morgan fingerprint density at radius 1 is 1.39 bits per heavy atom. The van der Waals surface area contributed by atoms with Crippen molar-refractivity contribution >= 4 is 16.9 Å². The Balaban J connectivity index is 2.27. The molecule has 2 rings (SSSR count). The monoisotopic (exact) mass is 247 g/mol. The van der Waals surface area contributed by atoms with Gasteiger partial charge < -0.3 is 14.5 Å². The Morgan fingerprint density at radius 3 is 2.83 bits per heavy atom. The third-order valence-electron chi connectivity index (χ3n) is 2.61. The van der Waals surface area contributed by atoms with Crippen LogP contribution in [0.4, 0.5) is 0 Å². The van der Waals surface area contributed by atoms with E-state index in [0.29, 0.717) is 18.2 Å². The van der Waals surface area contributed by atoms with E-state index in [4.69, 9.17) is 9.47 Å². The zero-order chi connectivity index (χ0) is 13.1. The molecule has 0 saturated heterocycles. The molecule has 0 atom stereocenters. The minimum absolute atomic E-state index is 0.327. The molecule has 1 N–H and O–H groups in total. The highest BCUT2D eigenvalue weighted by Gasteiger charge is 2.13. The Bertz CT molecular complexity index is 557. The number of aromatic amines is 1. The molecule has 0 spiro atoms. The van der Waals surface area contributed by atoms with Crippen molar-refractivity contribution in [1.29, 1.82) is 0 Å². The molecule has 96 valence electrons. The lowest BCUT2D eigenvalue weighted by atomic mass is 10.2. The second kappa shape index (κ2) is 5.12. The van der Waals surface area contributed by atoms with Crippen molar-refractivity contribution in [3.05, 3.63) is 30.0 Å². The number of methoxy groups -OCH3 is 1. The lowest BCUT2D eigenvalue weighted by molar-refractivity contribution is 0.0453. The van der Waals surface area contributed by atoms with Gasteiger partial charge in [0.05, 0.1) is 19.2 Å². The van der Waals surface area contributed by atoms with Crippen molar-refractivity contribution < 1.29 is 14.3 Å². The third-order valence-corrected chi connectivity index (χ3v) is 2.61. The number of hydrogen-bond donors (Lipinski definition) is 1. The normalized spacial score (nSPS) is 10.9. The summed E-state index contributed by atoms with van der Waals surface area (Å²) in [6, 6.07) is 7.44. The van der Waals surface area contributed by atoms with Gasteiger partial charge in [0.2, 0.25) is 0 Å². The van der Waals surface area contributed by atoms with Crippen molar-refractivity contribution in [1.82, 2.24) is 4.98 Å². The van der Waals surface area contributed by atoms with Crippen LogP contribution >= 0.6 is 0 Å². The lowest BCUT2D eigenvalue weighted by Crippen LogP contribution is -2.10. The first kappa shape index (κ1) is 12.5. The maximum Gasteiger partial charge on any atom is 0.354 e. The Hall–Kier alpha value is -1.97. The standard InChI is InChI=1S/C14H17NO3/c1-9(2)8-18-14(16)11-7-10-5-4-6-12(17-3)13(10)15-11/h4-7,9,15H,8H2,1-3H3. The fraction of sp³-hybridized carbons (Fsp3) is 0.357. The molecular weight excluding hydrogens is 230 g/mol. The quantitative estimate of drug-likeness (QED) is 0.845. The van der Waals surface area contributed by atoms with E-state index in [0.717, 1.165) is 16.7 Å². The molecule has 0 aliphatic heterocycles. The summed E-state index contributed by atoms with van der Waals surface area (Å²) in [5.74, 6) is 0.713. The van der Waals surface area contributed by atoms with E-state index in [1.165, 1.54) is 0 Å². The van der Waals surface area contributed by atoms with E-state index in [1.807, 2.05) is 32.0 Å². The Morgan fingerprint density at radius 2 is 2.17 bits per heavy atom. The predicted molar refractivity (Wildman–Crippen MR) is 70.0 cm³/mol. The highest BCUT2D eigenvalue weighted by molar-refractivity contribution is 5.96. The molecule has 2 aromatic rings. The Labute approximate surface area is 106 Å². The van der Waals surface area contributed by atoms with Gasteiger partial charge in [-0.1, -0.05) is 26.0 Å². The van der Waals surface area contributed by atoms with Crippen LogP contribution < -0.4 is 4.74 Å². The van der Waals surface area contributed by atoms with E-state index >= 15 is 0 Å². The van der Waals surface area contributed by atoms with Crippen molar-refractivity contribution in [2.24, 2.45) is 5.92 Å². The fourth-order valence-corrected chi connectivity index (χ4v) is 1.73. The highest BCUT2D eigenvalue weighted by atomic mass is 16.5. The number of aromatic nitrogens is 1. The van der Waals surface area contributed by atoms with Gasteiger partial charge in [0.25, 0.3) is 0 Å². The first-order valence-corrected chi connectivity index (χ1v) is 5.94. The second-order valence-corrected chi connectivity index (χ2v) is 4.60. The van der Waals surface area contributed by atoms with E-state index in [9.17, 15) is 4.79 Å². The summed E-state index contributed by atoms with van der Waals surface area (Å²) in [7, 11) is 1.60. The number of para-hydroxylation sites is 1. The molecule has 18 heavy (non-hydrogen) atoms. The number of carbonyl (C=O) groups is 1. The van der Waals surface area contributed by atoms with Gasteiger partial charge in [0, 0.05) is 5.39 Å². The lowest BCUT2D eigenvalue weighted by Gasteiger charge is -2.05. The van der Waals surface area contributed by atoms with Gasteiger partial charge in [-0.05, 0) is 18.1 Å². The molecule has 0 amide bonds. The Kier molecular flexibility index (Phi) is 3.55. The average Bonchev–Trinajstić information content (AvgIpc) is 2.79. The van der Waals surface area contributed by atoms with Crippen LogP contribution in [0.3, 0.4) is 0 Å². The van der Waals surface area contributed by atoms with Crippen LogP contribution in [0.5, 0.6) is 5.75 Å². The molecule has 0 fully saturated rings. The number of H-pyrrole nitrogens is 1. The number of rotatable bonds is 4. The molecule has 0 aliphatic carbocycles. The summed E-state index contributed by atoms with van der Waals surface area (Å²) in [6.45, 7) is 4.42. The maximum atomic E-state index is 11.8. The molecule has 4 heteroatoms. The van der Waals surface area contributed by atoms with Crippen LogP contribution in [-0.4, -0.2) is 24.7 Å². The van der Waals surface area contributed by atoms with E-state index < -0.39 is 0 Å². The molecule has 0 radical (unpaired) electrons. The number of ether oxygens (including phenoxy) is 2. The molecule has 1 aromatic carbocycles. The van der Waals surface area contributed by atoms with Crippen LogP contribution in [0.1, 0.15) is 24.3 Å². The van der Waals surface area contributed by atoms with E-state index in [-0.39, 0.29) is 5.97 Å². The van der Waals surface area contributed by atoms with Gasteiger partial charge >= 0.3 is 5.97 Å². The summed E-state index contributed by atoms with van der Waals surface area (Å²) < 4.78 is 10.4. The van der Waals surface area contributed by atoms with Gasteiger partial charge in [-0.2, -0.15) is 0 Å². The van der Waals surface area contributed by atoms with Crippen LogP contribution in [-0.2, 0) is 4.74 Å². The van der Waals surface area contributed by atoms with Crippen molar-refractivity contribution in [2.75, 3.05) is 13.7 Å². The van der Waals surface area contributed by atoms with Crippen molar-refractivity contribution in [3.63, 3.8) is 0 Å². The average molecular weight is 247 g/mol. The van der Waals surface area contributed by atoms with Crippen LogP contribution in [0, 0.1) is 5.92 Å². The molecule has 0 aliphatic rings. The number of nitrogens with one attached hydrogen (secondary N) is 1. The van der Waals surface area contributed by atoms with Gasteiger partial charge in [-0.3, -0.25) is 0 Å². The summed E-state index contributed by atoms with van der Waals surface area (Å²) >= 11 is 0. The number of esters is 1. The van der Waals surface area contributed by atoms with Gasteiger partial charge in [0.15, 0.2) is 0 Å². The molecule has 1 heterocycles. The summed E-state index contributed by atoms with van der Waals surface area (Å²) in [4.78, 5) is 14.9. The summed E-state index contributed by atoms with van der Waals surface area (Å²) in [5.41, 5.74) is 1.27. The summed E-state index contributed by atoms with van der Waals surface area (Å²) in [5, 5.41) is 0.936. The molecule has 0 unspecified atom stereocenters. The van der Waals surface area contributed by atoms with Crippen molar-refractivity contribution in [3.8, 4) is 5.75 Å².